The van der Waals surface area contributed by atoms with Crippen molar-refractivity contribution in [3.63, 3.8) is 0 Å². The minimum Gasteiger partial charge on any atom is -0.492 e. The number of carbonyl (C=O) groups is 2. The maximum absolute atomic E-state index is 12.4. The minimum atomic E-state index is -0.451. The fourth-order valence-corrected chi connectivity index (χ4v) is 3.42. The predicted octanol–water partition coefficient (Wildman–Crippen LogP) is 4.89. The second kappa shape index (κ2) is 14.1. The average molecular weight is 587 g/mol. The zero-order valence-corrected chi connectivity index (χ0v) is 21.6. The smallest absolute Gasteiger partial charge is 0.276 e. The standard InChI is InChI=1S/C22H25Br2N3O4S/c1-2-3-4-5-12-30-19-11-6-15(13-18(19)24)21(29)25-22(32)27-26-20(28)14-31-17-9-7-16(23)8-10-17/h6-11,13H,2-5,12,14H2,1H3,(H,26,28)(H2,25,27,29,32). The Labute approximate surface area is 209 Å². The molecule has 2 aromatic carbocycles. The summed E-state index contributed by atoms with van der Waals surface area (Å²) in [4.78, 5) is 24.3. The number of nitrogens with one attached hydrogen (secondary N) is 3. The third-order valence-electron chi connectivity index (χ3n) is 4.18. The number of benzene rings is 2. The number of unbranched alkanes of at least 4 members (excludes halogenated alkanes) is 3. The largest absolute Gasteiger partial charge is 0.492 e. The van der Waals surface area contributed by atoms with Crippen molar-refractivity contribution in [2.24, 2.45) is 0 Å². The van der Waals surface area contributed by atoms with Crippen LogP contribution in [0.1, 0.15) is 43.0 Å². The maximum atomic E-state index is 12.4. The Hall–Kier alpha value is -2.17. The average Bonchev–Trinajstić information content (AvgIpc) is 2.78. The highest BCUT2D eigenvalue weighted by molar-refractivity contribution is 9.10. The summed E-state index contributed by atoms with van der Waals surface area (Å²) in [7, 11) is 0. The molecule has 0 aliphatic carbocycles. The van der Waals surface area contributed by atoms with E-state index in [2.05, 4.69) is 55.0 Å². The Morgan fingerprint density at radius 3 is 2.41 bits per heavy atom. The lowest BCUT2D eigenvalue weighted by Crippen LogP contribution is -2.49. The summed E-state index contributed by atoms with van der Waals surface area (Å²) in [6, 6.07) is 12.1. The summed E-state index contributed by atoms with van der Waals surface area (Å²) >= 11 is 11.8. The molecule has 2 rings (SSSR count). The lowest BCUT2D eigenvalue weighted by atomic mass is 10.2. The van der Waals surface area contributed by atoms with Crippen LogP contribution < -0.4 is 25.6 Å². The monoisotopic (exact) mass is 585 g/mol. The van der Waals surface area contributed by atoms with Gasteiger partial charge in [0.2, 0.25) is 0 Å². The summed E-state index contributed by atoms with van der Waals surface area (Å²) in [5.41, 5.74) is 5.24. The first kappa shape index (κ1) is 26.1. The molecule has 0 bridgehead atoms. The van der Waals surface area contributed by atoms with Crippen LogP contribution in [0.15, 0.2) is 51.4 Å². The van der Waals surface area contributed by atoms with E-state index in [-0.39, 0.29) is 11.7 Å². The van der Waals surface area contributed by atoms with Gasteiger partial charge in [0.25, 0.3) is 11.8 Å². The molecule has 2 amide bonds. The van der Waals surface area contributed by atoms with Crippen LogP contribution in [0.5, 0.6) is 11.5 Å². The van der Waals surface area contributed by atoms with Crippen molar-refractivity contribution in [2.75, 3.05) is 13.2 Å². The summed E-state index contributed by atoms with van der Waals surface area (Å²) in [6.45, 7) is 2.58. The SMILES string of the molecule is CCCCCCOc1ccc(C(=O)NC(=S)NNC(=O)COc2ccc(Br)cc2)cc1Br. The molecule has 0 fully saturated rings. The van der Waals surface area contributed by atoms with Gasteiger partial charge < -0.3 is 9.47 Å². The Bertz CT molecular complexity index is 926. The van der Waals surface area contributed by atoms with Crippen LogP contribution in [0.3, 0.4) is 0 Å². The fourth-order valence-electron chi connectivity index (χ4n) is 2.52. The molecular formula is C22H25Br2N3O4S. The minimum absolute atomic E-state index is 0.0423. The third kappa shape index (κ3) is 9.54. The van der Waals surface area contributed by atoms with Gasteiger partial charge in [-0.15, -0.1) is 0 Å². The fraction of sp³-hybridized carbons (Fsp3) is 0.318. The summed E-state index contributed by atoms with van der Waals surface area (Å²) in [5.74, 6) is 0.362. The summed E-state index contributed by atoms with van der Waals surface area (Å²) in [6.07, 6.45) is 4.48. The van der Waals surface area contributed by atoms with Crippen LogP contribution in [-0.4, -0.2) is 30.1 Å². The number of rotatable bonds is 10. The van der Waals surface area contributed by atoms with E-state index >= 15 is 0 Å². The number of hydrazine groups is 1. The highest BCUT2D eigenvalue weighted by atomic mass is 79.9. The zero-order valence-electron chi connectivity index (χ0n) is 17.6. The van der Waals surface area contributed by atoms with E-state index in [1.54, 1.807) is 42.5 Å². The second-order valence-corrected chi connectivity index (χ2v) is 8.93. The van der Waals surface area contributed by atoms with Crippen LogP contribution in [0.25, 0.3) is 0 Å². The van der Waals surface area contributed by atoms with Gasteiger partial charge in [-0.25, -0.2) is 0 Å². The molecule has 0 unspecified atom stereocenters. The molecule has 0 radical (unpaired) electrons. The van der Waals surface area contributed by atoms with E-state index in [1.807, 2.05) is 0 Å². The molecule has 3 N–H and O–H groups in total. The first-order valence-electron chi connectivity index (χ1n) is 10.1. The van der Waals surface area contributed by atoms with Gasteiger partial charge in [0.1, 0.15) is 11.5 Å². The normalized spacial score (nSPS) is 10.2. The Morgan fingerprint density at radius 1 is 0.969 bits per heavy atom. The lowest BCUT2D eigenvalue weighted by molar-refractivity contribution is -0.123. The Kier molecular flexibility index (Phi) is 11.5. The zero-order chi connectivity index (χ0) is 23.3. The summed E-state index contributed by atoms with van der Waals surface area (Å²) in [5, 5.41) is 2.46. The number of hydrogen-bond donors (Lipinski definition) is 3. The quantitative estimate of drug-likeness (QED) is 0.209. The molecule has 0 atom stereocenters. The highest BCUT2D eigenvalue weighted by Crippen LogP contribution is 2.26. The van der Waals surface area contributed by atoms with Crippen molar-refractivity contribution in [3.8, 4) is 11.5 Å². The molecular weight excluding hydrogens is 562 g/mol. The van der Waals surface area contributed by atoms with Crippen molar-refractivity contribution in [2.45, 2.75) is 32.6 Å². The van der Waals surface area contributed by atoms with Crippen molar-refractivity contribution in [1.29, 1.82) is 0 Å². The van der Waals surface area contributed by atoms with Gasteiger partial charge in [0, 0.05) is 10.0 Å². The van der Waals surface area contributed by atoms with Gasteiger partial charge in [0.15, 0.2) is 11.7 Å². The number of halogens is 2. The Balaban J connectivity index is 1.73. The van der Waals surface area contributed by atoms with Crippen molar-refractivity contribution in [3.05, 3.63) is 57.0 Å². The molecule has 0 spiro atoms. The van der Waals surface area contributed by atoms with Crippen molar-refractivity contribution >= 4 is 61.0 Å². The van der Waals surface area contributed by atoms with Gasteiger partial charge >= 0.3 is 0 Å². The van der Waals surface area contributed by atoms with Crippen LogP contribution in [0, 0.1) is 0 Å². The predicted molar refractivity (Wildman–Crippen MR) is 135 cm³/mol. The maximum Gasteiger partial charge on any atom is 0.276 e. The molecule has 7 nitrogen and oxygen atoms in total. The van der Waals surface area contributed by atoms with Crippen molar-refractivity contribution in [1.82, 2.24) is 16.2 Å². The molecule has 0 aliphatic rings. The molecule has 0 saturated carbocycles. The Morgan fingerprint density at radius 2 is 1.72 bits per heavy atom. The topological polar surface area (TPSA) is 88.7 Å². The van der Waals surface area contributed by atoms with E-state index in [0.29, 0.717) is 28.1 Å². The number of thiocarbonyl (C=S) groups is 1. The number of ether oxygens (including phenoxy) is 2. The van der Waals surface area contributed by atoms with Gasteiger partial charge in [0.05, 0.1) is 11.1 Å². The lowest BCUT2D eigenvalue weighted by Gasteiger charge is -2.12. The van der Waals surface area contributed by atoms with E-state index in [0.717, 1.165) is 17.3 Å². The van der Waals surface area contributed by atoms with E-state index < -0.39 is 11.8 Å². The first-order chi connectivity index (χ1) is 15.4. The van der Waals surface area contributed by atoms with E-state index in [4.69, 9.17) is 21.7 Å². The first-order valence-corrected chi connectivity index (χ1v) is 12.1. The molecule has 0 aliphatic heterocycles. The summed E-state index contributed by atoms with van der Waals surface area (Å²) < 4.78 is 12.7. The highest BCUT2D eigenvalue weighted by Gasteiger charge is 2.12. The van der Waals surface area contributed by atoms with Crippen molar-refractivity contribution < 1.29 is 19.1 Å². The number of hydrogen-bond acceptors (Lipinski definition) is 5. The van der Waals surface area contributed by atoms with E-state index in [9.17, 15) is 9.59 Å². The third-order valence-corrected chi connectivity index (χ3v) is 5.53. The van der Waals surface area contributed by atoms with Gasteiger partial charge in [-0.3, -0.25) is 25.8 Å². The van der Waals surface area contributed by atoms with Crippen LogP contribution in [-0.2, 0) is 4.79 Å². The van der Waals surface area contributed by atoms with Crippen LogP contribution >= 0.6 is 44.1 Å². The second-order valence-electron chi connectivity index (χ2n) is 6.75. The number of amides is 2. The van der Waals surface area contributed by atoms with Crippen LogP contribution in [0.4, 0.5) is 0 Å². The van der Waals surface area contributed by atoms with Crippen LogP contribution in [0.2, 0.25) is 0 Å². The van der Waals surface area contributed by atoms with Gasteiger partial charge in [-0.1, -0.05) is 42.1 Å². The molecule has 0 heterocycles. The molecule has 2 aromatic rings. The van der Waals surface area contributed by atoms with E-state index in [1.165, 1.54) is 12.8 Å². The molecule has 32 heavy (non-hydrogen) atoms. The molecule has 0 aromatic heterocycles. The van der Waals surface area contributed by atoms with Gasteiger partial charge in [-0.05, 0) is 77.0 Å². The molecule has 0 saturated heterocycles. The molecule has 10 heteroatoms. The van der Waals surface area contributed by atoms with Gasteiger partial charge in [-0.2, -0.15) is 0 Å². The number of carbonyl (C=O) groups excluding carboxylic acids is 2. The molecule has 172 valence electrons.